The van der Waals surface area contributed by atoms with Crippen LogP contribution in [0.5, 0.6) is 5.75 Å². The Morgan fingerprint density at radius 2 is 1.37 bits per heavy atom. The van der Waals surface area contributed by atoms with E-state index in [-0.39, 0.29) is 43.6 Å². The first-order valence-corrected chi connectivity index (χ1v) is 14.8. The van der Waals surface area contributed by atoms with Crippen molar-refractivity contribution in [1.29, 1.82) is 0 Å². The van der Waals surface area contributed by atoms with Gasteiger partial charge in [0.05, 0.1) is 9.79 Å². The van der Waals surface area contributed by atoms with Crippen molar-refractivity contribution in [3.63, 3.8) is 0 Å². The Morgan fingerprint density at radius 3 is 1.95 bits per heavy atom. The number of nitrogens with one attached hydrogen (secondary N) is 1. The Kier molecular flexibility index (Phi) is 8.14. The fraction of sp³-hybridized carbons (Fsp3) is 0.242. The lowest BCUT2D eigenvalue weighted by Crippen LogP contribution is -2.46. The van der Waals surface area contributed by atoms with E-state index >= 15 is 0 Å². The Bertz CT molecular complexity index is 1670. The third-order valence-electron chi connectivity index (χ3n) is 6.95. The summed E-state index contributed by atoms with van der Waals surface area (Å²) in [7, 11) is -3.81. The molecule has 0 spiro atoms. The lowest BCUT2D eigenvalue weighted by Gasteiger charge is -2.28. The van der Waals surface area contributed by atoms with Gasteiger partial charge >= 0.3 is 0 Å². The Morgan fingerprint density at radius 1 is 0.780 bits per heavy atom. The van der Waals surface area contributed by atoms with Crippen molar-refractivity contribution in [3.05, 3.63) is 113 Å². The third kappa shape index (κ3) is 6.05. The largest absolute Gasteiger partial charge is 0.507 e. The van der Waals surface area contributed by atoms with E-state index < -0.39 is 21.7 Å². The summed E-state index contributed by atoms with van der Waals surface area (Å²) in [6, 6.07) is 24.2. The number of carbonyl (C=O) groups is 1. The van der Waals surface area contributed by atoms with Crippen LogP contribution in [-0.4, -0.2) is 29.6 Å². The third-order valence-corrected chi connectivity index (χ3v) is 8.78. The molecule has 1 amide bonds. The molecular weight excluding hydrogens is 538 g/mol. The topological polar surface area (TPSA) is 124 Å². The van der Waals surface area contributed by atoms with E-state index in [0.717, 1.165) is 5.56 Å². The molecule has 4 N–H and O–H groups in total. The fourth-order valence-electron chi connectivity index (χ4n) is 4.88. The number of rotatable bonds is 7. The molecule has 0 radical (unpaired) electrons. The summed E-state index contributed by atoms with van der Waals surface area (Å²) < 4.78 is 27.1. The predicted molar refractivity (Wildman–Crippen MR) is 158 cm³/mol. The zero-order valence-corrected chi connectivity index (χ0v) is 24.5. The molecule has 0 aromatic heterocycles. The molecule has 0 bridgehead atoms. The van der Waals surface area contributed by atoms with Crippen molar-refractivity contribution in [2.24, 2.45) is 0 Å². The van der Waals surface area contributed by atoms with Crippen LogP contribution in [0.2, 0.25) is 0 Å². The first-order valence-electron chi connectivity index (χ1n) is 13.3. The van der Waals surface area contributed by atoms with Gasteiger partial charge in [-0.05, 0) is 52.8 Å². The van der Waals surface area contributed by atoms with Gasteiger partial charge < -0.3 is 15.3 Å². The van der Waals surface area contributed by atoms with Crippen LogP contribution in [0.1, 0.15) is 67.6 Å². The smallest absolute Gasteiger partial charge is 0.275 e. The molecule has 0 heterocycles. The van der Waals surface area contributed by atoms with Crippen LogP contribution in [0.3, 0.4) is 0 Å². The minimum absolute atomic E-state index is 0.0731. The normalized spacial score (nSPS) is 12.4. The number of sulfone groups is 1. The average molecular weight is 574 g/mol. The highest BCUT2D eigenvalue weighted by Gasteiger charge is 2.34. The number of phenolic OH excluding ortho intramolecular Hbond substituents is 1. The van der Waals surface area contributed by atoms with Gasteiger partial charge in [0.2, 0.25) is 9.84 Å². The van der Waals surface area contributed by atoms with Gasteiger partial charge in [0.1, 0.15) is 5.75 Å². The molecule has 0 saturated heterocycles. The second kappa shape index (κ2) is 11.1. The molecule has 0 saturated carbocycles. The van der Waals surface area contributed by atoms with Gasteiger partial charge in [0, 0.05) is 22.3 Å². The predicted octanol–water partition coefficient (Wildman–Crippen LogP) is 5.84. The summed E-state index contributed by atoms with van der Waals surface area (Å²) in [5.74, 6) is -4.02. The van der Waals surface area contributed by atoms with Crippen LogP contribution in [0.25, 0.3) is 11.1 Å². The molecule has 214 valence electrons. The molecule has 4 rings (SSSR count). The summed E-state index contributed by atoms with van der Waals surface area (Å²) in [6.45, 7) is 9.44. The summed E-state index contributed by atoms with van der Waals surface area (Å²) in [5, 5.41) is 35.3. The summed E-state index contributed by atoms with van der Waals surface area (Å²) >= 11 is 0. The van der Waals surface area contributed by atoms with Crippen LogP contribution in [0, 0.1) is 0 Å². The summed E-state index contributed by atoms with van der Waals surface area (Å²) in [4.78, 5) is 13.0. The summed E-state index contributed by atoms with van der Waals surface area (Å²) in [5.41, 5.74) is 1.66. The van der Waals surface area contributed by atoms with Crippen LogP contribution in [0.15, 0.2) is 101 Å². The Hall–Kier alpha value is -3.98. The van der Waals surface area contributed by atoms with Crippen molar-refractivity contribution < 1.29 is 28.5 Å². The van der Waals surface area contributed by atoms with Crippen molar-refractivity contribution in [3.8, 4) is 16.9 Å². The van der Waals surface area contributed by atoms with Gasteiger partial charge in [-0.2, -0.15) is 0 Å². The van der Waals surface area contributed by atoms with Crippen molar-refractivity contribution >= 4 is 15.7 Å². The monoisotopic (exact) mass is 573 g/mol. The van der Waals surface area contributed by atoms with E-state index in [1.165, 1.54) is 24.3 Å². The lowest BCUT2D eigenvalue weighted by atomic mass is 9.87. The van der Waals surface area contributed by atoms with E-state index in [9.17, 15) is 28.5 Å². The minimum Gasteiger partial charge on any atom is -0.507 e. The number of aliphatic hydroxyl groups is 2. The number of amides is 1. The molecule has 7 nitrogen and oxygen atoms in total. The first kappa shape index (κ1) is 30.0. The van der Waals surface area contributed by atoms with Gasteiger partial charge in [-0.1, -0.05) is 95.3 Å². The standard InChI is InChI=1S/C33H35NO6S/c1-21(2)29-27(33(37,38)34-31(36)23-11-7-6-8-12-23)20-19-25(30(29)35)22-15-17-24(18-16-22)41(39,40)28-14-10-9-13-26(28)32(3,4)5/h6-21,35,37-38H,1-5H3,(H,34,36). The van der Waals surface area contributed by atoms with Gasteiger partial charge in [0.15, 0.2) is 0 Å². The van der Waals surface area contributed by atoms with E-state index in [0.29, 0.717) is 11.1 Å². The molecule has 0 atom stereocenters. The number of hydrogen-bond donors (Lipinski definition) is 4. The van der Waals surface area contributed by atoms with E-state index in [1.54, 1.807) is 68.4 Å². The van der Waals surface area contributed by atoms with Crippen molar-refractivity contribution in [2.75, 3.05) is 0 Å². The quantitative estimate of drug-likeness (QED) is 0.206. The summed E-state index contributed by atoms with van der Waals surface area (Å²) in [6.07, 6.45) is 0. The molecule has 41 heavy (non-hydrogen) atoms. The van der Waals surface area contributed by atoms with E-state index in [4.69, 9.17) is 0 Å². The fourth-order valence-corrected chi connectivity index (χ4v) is 6.55. The van der Waals surface area contributed by atoms with E-state index in [2.05, 4.69) is 5.32 Å². The number of hydrogen-bond acceptors (Lipinski definition) is 6. The lowest BCUT2D eigenvalue weighted by molar-refractivity contribution is -0.186. The Labute approximate surface area is 241 Å². The van der Waals surface area contributed by atoms with Crippen LogP contribution < -0.4 is 5.32 Å². The maximum absolute atomic E-state index is 13.6. The minimum atomic E-state index is -3.81. The highest BCUT2D eigenvalue weighted by molar-refractivity contribution is 7.91. The molecule has 0 aliphatic rings. The second-order valence-electron chi connectivity index (χ2n) is 11.3. The van der Waals surface area contributed by atoms with Crippen molar-refractivity contribution in [1.82, 2.24) is 5.32 Å². The second-order valence-corrected chi connectivity index (χ2v) is 13.3. The molecule has 0 aliphatic carbocycles. The van der Waals surface area contributed by atoms with Gasteiger partial charge in [-0.15, -0.1) is 0 Å². The SMILES string of the molecule is CC(C)c1c(C(O)(O)NC(=O)c2ccccc2)ccc(-c2ccc(S(=O)(=O)c3ccccc3C(C)(C)C)cc2)c1O. The van der Waals surface area contributed by atoms with Crippen LogP contribution in [0.4, 0.5) is 0 Å². The maximum Gasteiger partial charge on any atom is 0.275 e. The molecule has 0 unspecified atom stereocenters. The Balaban J connectivity index is 1.71. The van der Waals surface area contributed by atoms with E-state index in [1.807, 2.05) is 32.9 Å². The zero-order chi connectivity index (χ0) is 30.2. The number of benzene rings is 4. The van der Waals surface area contributed by atoms with Crippen LogP contribution in [-0.2, 0) is 21.2 Å². The van der Waals surface area contributed by atoms with Gasteiger partial charge in [0.25, 0.3) is 11.8 Å². The van der Waals surface area contributed by atoms with Gasteiger partial charge in [-0.25, -0.2) is 8.42 Å². The number of phenols is 1. The maximum atomic E-state index is 13.6. The molecule has 4 aromatic carbocycles. The highest BCUT2D eigenvalue weighted by atomic mass is 32.2. The molecule has 4 aromatic rings. The molecule has 0 aliphatic heterocycles. The number of carbonyl (C=O) groups excluding carboxylic acids is 1. The molecular formula is C33H35NO6S. The molecule has 8 heteroatoms. The van der Waals surface area contributed by atoms with Crippen LogP contribution >= 0.6 is 0 Å². The van der Waals surface area contributed by atoms with Crippen molar-refractivity contribution in [2.45, 2.75) is 61.7 Å². The average Bonchev–Trinajstić information content (AvgIpc) is 2.92. The zero-order valence-electron chi connectivity index (χ0n) is 23.7. The first-order chi connectivity index (χ1) is 19.1. The van der Waals surface area contributed by atoms with Gasteiger partial charge in [-0.3, -0.25) is 10.1 Å². The number of aromatic hydroxyl groups is 1. The highest BCUT2D eigenvalue weighted by Crippen LogP contribution is 2.41. The molecule has 0 fully saturated rings.